The number of ether oxygens (including phenoxy) is 5. The largest absolute Gasteiger partial charge is 0.394 e. The van der Waals surface area contributed by atoms with E-state index in [4.69, 9.17) is 39.6 Å². The fourth-order valence-corrected chi connectivity index (χ4v) is 4.41. The molecule has 0 fully saturated rings. The van der Waals surface area contributed by atoms with E-state index in [0.29, 0.717) is 0 Å². The minimum Gasteiger partial charge on any atom is -0.394 e. The predicted octanol–water partition coefficient (Wildman–Crippen LogP) is -10.6. The number of aliphatic hydroxyl groups is 16. The molecule has 0 amide bonds. The van der Waals surface area contributed by atoms with Gasteiger partial charge >= 0.3 is 0 Å². The van der Waals surface area contributed by atoms with Gasteiger partial charge in [0, 0.05) is 26.2 Å². The molecule has 0 aliphatic rings. The number of nitrogens with zero attached hydrogens (tertiary/aromatic N) is 1. The second-order valence-corrected chi connectivity index (χ2v) is 12.7. The maximum Gasteiger partial charge on any atom is 0.111 e. The molecular weight excluding hydrogens is 724 g/mol. The van der Waals surface area contributed by atoms with E-state index in [1.54, 1.807) is 0 Å². The van der Waals surface area contributed by atoms with Crippen molar-refractivity contribution in [3.8, 4) is 0 Å². The Balaban J connectivity index is 4.59. The van der Waals surface area contributed by atoms with Gasteiger partial charge in [-0.2, -0.15) is 0 Å². The normalized spacial score (nSPS) is 20.5. The highest BCUT2D eigenvalue weighted by molar-refractivity contribution is 4.86. The molecule has 0 rings (SSSR count). The van der Waals surface area contributed by atoms with Gasteiger partial charge in [0.15, 0.2) is 0 Å². The van der Waals surface area contributed by atoms with Crippen molar-refractivity contribution in [2.45, 2.75) is 85.5 Å². The molecule has 0 aromatic rings. The summed E-state index contributed by atoms with van der Waals surface area (Å²) in [4.78, 5) is 1.08. The molecule has 0 aromatic carbocycles. The highest BCUT2D eigenvalue weighted by Gasteiger charge is 2.35. The smallest absolute Gasteiger partial charge is 0.111 e. The van der Waals surface area contributed by atoms with Gasteiger partial charge in [-0.15, -0.1) is 0 Å². The van der Waals surface area contributed by atoms with Crippen LogP contribution in [0.25, 0.3) is 0 Å². The highest BCUT2D eigenvalue weighted by Crippen LogP contribution is 2.12. The van der Waals surface area contributed by atoms with Crippen molar-refractivity contribution in [1.82, 2.24) is 4.90 Å². The zero-order chi connectivity index (χ0) is 40.5. The van der Waals surface area contributed by atoms with Crippen LogP contribution in [-0.4, -0.2) is 278 Å². The summed E-state index contributed by atoms with van der Waals surface area (Å²) in [6.07, 6.45) is -21.9. The summed E-state index contributed by atoms with van der Waals surface area (Å²) in [5, 5.41) is 158. The number of aliphatic hydroxyl groups excluding tert-OH is 16. The Hall–Kier alpha value is -0.920. The summed E-state index contributed by atoms with van der Waals surface area (Å²) in [6.45, 7) is -5.74. The SMILES string of the molecule is NCC(O)COCC(O)COCC(O)COCC(O)COCC(O)COCC(O)CN(C[C@H](O)[C@@H](O)[C@H](O)[C@H](O)CO)C[C@H](O)[C@@H](O)C(O)[C@H](O)CO. The van der Waals surface area contributed by atoms with Crippen molar-refractivity contribution >= 4 is 0 Å². The third kappa shape index (κ3) is 24.4. The first-order valence-corrected chi connectivity index (χ1v) is 17.0. The second-order valence-electron chi connectivity index (χ2n) is 12.7. The van der Waals surface area contributed by atoms with Crippen LogP contribution in [0.1, 0.15) is 0 Å². The fraction of sp³-hybridized carbons (Fsp3) is 1.00. The van der Waals surface area contributed by atoms with E-state index in [-0.39, 0.29) is 66.0 Å². The van der Waals surface area contributed by atoms with E-state index < -0.39 is 125 Å². The van der Waals surface area contributed by atoms with Gasteiger partial charge in [-0.05, 0) is 0 Å². The third-order valence-corrected chi connectivity index (χ3v) is 7.38. The molecule has 0 bridgehead atoms. The number of hydrogen-bond donors (Lipinski definition) is 17. The summed E-state index contributed by atoms with van der Waals surface area (Å²) < 4.78 is 25.9. The molecule has 0 aromatic heterocycles. The zero-order valence-corrected chi connectivity index (χ0v) is 29.6. The van der Waals surface area contributed by atoms with Crippen LogP contribution in [0, 0.1) is 0 Å². The standard InChI is InChI=1S/C30H64N2O21/c31-1-17(35)7-49-9-19(37)11-51-13-21(39)15-53-16-22(40)14-52-12-20(38)10-50-8-18(36)2-32(3-23(41)27(45)29(47)25(43)5-33)4-24(42)28(46)30(48)26(44)6-34/h17-30,33-48H,1-16,31H2/t17?,18?,19?,20?,21?,22?,23-,24-,25+,26+,27+,28+,29+,30?/m0/s1. The number of rotatable bonds is 35. The summed E-state index contributed by atoms with van der Waals surface area (Å²) in [5.41, 5.74) is 5.24. The van der Waals surface area contributed by atoms with Crippen molar-refractivity contribution in [1.29, 1.82) is 0 Å². The lowest BCUT2D eigenvalue weighted by atomic mass is 10.0. The monoisotopic (exact) mass is 788 g/mol. The van der Waals surface area contributed by atoms with Gasteiger partial charge in [0.05, 0.1) is 104 Å². The molecule has 0 radical (unpaired) electrons. The van der Waals surface area contributed by atoms with Crippen LogP contribution in [0.4, 0.5) is 0 Å². The molecule has 0 aliphatic carbocycles. The summed E-state index contributed by atoms with van der Waals surface area (Å²) in [7, 11) is 0. The molecular formula is C30H64N2O21. The van der Waals surface area contributed by atoms with Gasteiger partial charge < -0.3 is 111 Å². The zero-order valence-electron chi connectivity index (χ0n) is 29.6. The van der Waals surface area contributed by atoms with Crippen LogP contribution < -0.4 is 5.73 Å². The van der Waals surface area contributed by atoms with Crippen LogP contribution in [0.15, 0.2) is 0 Å². The van der Waals surface area contributed by atoms with Crippen molar-refractivity contribution in [3.05, 3.63) is 0 Å². The van der Waals surface area contributed by atoms with E-state index in [2.05, 4.69) is 0 Å². The highest BCUT2D eigenvalue weighted by atomic mass is 16.5. The topological polar surface area (TPSA) is 399 Å². The lowest BCUT2D eigenvalue weighted by Crippen LogP contribution is -2.54. The summed E-state index contributed by atoms with van der Waals surface area (Å²) in [6, 6.07) is 0. The minimum absolute atomic E-state index is 0.0187. The first-order valence-electron chi connectivity index (χ1n) is 17.0. The van der Waals surface area contributed by atoms with Crippen LogP contribution in [0.3, 0.4) is 0 Å². The quantitative estimate of drug-likeness (QED) is 0.0283. The molecule has 320 valence electrons. The molecule has 18 N–H and O–H groups in total. The average Bonchev–Trinajstić information content (AvgIpc) is 3.12. The van der Waals surface area contributed by atoms with Crippen LogP contribution in [0.5, 0.6) is 0 Å². The van der Waals surface area contributed by atoms with E-state index in [0.717, 1.165) is 4.90 Å². The van der Waals surface area contributed by atoms with Crippen LogP contribution in [-0.2, 0) is 23.7 Å². The van der Waals surface area contributed by atoms with Gasteiger partial charge in [0.2, 0.25) is 0 Å². The Morgan fingerprint density at radius 1 is 0.340 bits per heavy atom. The number of hydrogen-bond acceptors (Lipinski definition) is 23. The lowest BCUT2D eigenvalue weighted by molar-refractivity contribution is -0.133. The van der Waals surface area contributed by atoms with E-state index in [1.807, 2.05) is 0 Å². The third-order valence-electron chi connectivity index (χ3n) is 7.38. The maximum absolute atomic E-state index is 10.5. The Labute approximate surface area is 307 Å². The Kier molecular flexibility index (Phi) is 29.7. The molecule has 0 spiro atoms. The number of nitrogens with two attached hydrogens (primary N) is 1. The van der Waals surface area contributed by atoms with Gasteiger partial charge in [0.25, 0.3) is 0 Å². The molecule has 23 nitrogen and oxygen atoms in total. The predicted molar refractivity (Wildman–Crippen MR) is 178 cm³/mol. The molecule has 7 unspecified atom stereocenters. The molecule has 0 saturated carbocycles. The molecule has 0 heterocycles. The van der Waals surface area contributed by atoms with Crippen molar-refractivity contribution in [2.75, 3.05) is 105 Å². The van der Waals surface area contributed by atoms with Crippen LogP contribution in [0.2, 0.25) is 0 Å². The Morgan fingerprint density at radius 3 is 0.849 bits per heavy atom. The Morgan fingerprint density at radius 2 is 0.585 bits per heavy atom. The maximum atomic E-state index is 10.5. The molecule has 0 aliphatic heterocycles. The van der Waals surface area contributed by atoms with Gasteiger partial charge in [-0.1, -0.05) is 0 Å². The van der Waals surface area contributed by atoms with Gasteiger partial charge in [0.1, 0.15) is 61.0 Å². The van der Waals surface area contributed by atoms with Crippen molar-refractivity contribution < 1.29 is 105 Å². The first kappa shape index (κ1) is 52.1. The van der Waals surface area contributed by atoms with Crippen molar-refractivity contribution in [3.63, 3.8) is 0 Å². The molecule has 0 saturated heterocycles. The van der Waals surface area contributed by atoms with Crippen molar-refractivity contribution in [2.24, 2.45) is 5.73 Å². The molecule has 23 heteroatoms. The van der Waals surface area contributed by atoms with Gasteiger partial charge in [-0.3, -0.25) is 4.90 Å². The lowest BCUT2D eigenvalue weighted by Gasteiger charge is -2.34. The summed E-state index contributed by atoms with van der Waals surface area (Å²) >= 11 is 0. The van der Waals surface area contributed by atoms with Crippen LogP contribution >= 0.6 is 0 Å². The fourth-order valence-electron chi connectivity index (χ4n) is 4.41. The molecule has 14 atom stereocenters. The minimum atomic E-state index is -2.01. The first-order chi connectivity index (χ1) is 25.0. The molecule has 53 heavy (non-hydrogen) atoms. The van der Waals surface area contributed by atoms with E-state index in [9.17, 15) is 71.5 Å². The van der Waals surface area contributed by atoms with E-state index in [1.165, 1.54) is 0 Å². The average molecular weight is 789 g/mol. The second kappa shape index (κ2) is 30.2. The van der Waals surface area contributed by atoms with Gasteiger partial charge in [-0.25, -0.2) is 0 Å². The summed E-state index contributed by atoms with van der Waals surface area (Å²) in [5.74, 6) is 0. The van der Waals surface area contributed by atoms with E-state index >= 15 is 0 Å². The Bertz CT molecular complexity index is 830.